The highest BCUT2D eigenvalue weighted by Gasteiger charge is 2.42. The quantitative estimate of drug-likeness (QED) is 0.614. The summed E-state index contributed by atoms with van der Waals surface area (Å²) in [5.74, 6) is -5.07. The van der Waals surface area contributed by atoms with Crippen molar-refractivity contribution in [2.24, 2.45) is 5.73 Å². The second kappa shape index (κ2) is 7.80. The minimum absolute atomic E-state index is 0.0577. The Morgan fingerprint density at radius 3 is 2.54 bits per heavy atom. The van der Waals surface area contributed by atoms with E-state index in [0.717, 1.165) is 13.2 Å². The maximum Gasteiger partial charge on any atom is 0.419 e. The number of benzene rings is 1. The minimum atomic E-state index is -5.04. The van der Waals surface area contributed by atoms with E-state index in [9.17, 15) is 27.6 Å². The van der Waals surface area contributed by atoms with Crippen LogP contribution in [-0.2, 0) is 20.4 Å². The summed E-state index contributed by atoms with van der Waals surface area (Å²) in [5.41, 5.74) is 2.69. The Kier molecular flexibility index (Phi) is 5.87. The molecule has 2 rings (SSSR count). The van der Waals surface area contributed by atoms with Gasteiger partial charge in [0.1, 0.15) is 29.0 Å². The molecule has 10 heteroatoms. The van der Waals surface area contributed by atoms with E-state index >= 15 is 0 Å². The summed E-state index contributed by atoms with van der Waals surface area (Å²) in [6, 6.07) is 3.13. The first kappa shape index (κ1) is 21.1. The first-order chi connectivity index (χ1) is 13.1. The Labute approximate surface area is 157 Å². The van der Waals surface area contributed by atoms with Crippen molar-refractivity contribution in [2.45, 2.75) is 25.9 Å². The smallest absolute Gasteiger partial charge is 0.419 e. The number of nitriles is 1. The fraction of sp³-hybridized carbons (Fsp3) is 0.333. The lowest BCUT2D eigenvalue weighted by atomic mass is 9.82. The molecule has 0 bridgehead atoms. The van der Waals surface area contributed by atoms with Gasteiger partial charge in [-0.05, 0) is 26.0 Å². The molecule has 1 aromatic rings. The summed E-state index contributed by atoms with van der Waals surface area (Å²) >= 11 is 0. The maximum absolute atomic E-state index is 14.9. The summed E-state index contributed by atoms with van der Waals surface area (Å²) in [6.07, 6.45) is -5.04. The van der Waals surface area contributed by atoms with Crippen LogP contribution in [0.3, 0.4) is 0 Å². The van der Waals surface area contributed by atoms with Crippen molar-refractivity contribution in [3.8, 4) is 11.8 Å². The molecule has 1 aliphatic heterocycles. The SMILES string of the molecule is CCOC(=O)C1=C(C)OC(N)=C(C#N)C1c1cc(OC)cc(C(F)(F)F)c1F. The molecule has 0 saturated heterocycles. The fourth-order valence-electron chi connectivity index (χ4n) is 2.82. The first-order valence-electron chi connectivity index (χ1n) is 7.96. The molecule has 0 spiro atoms. The summed E-state index contributed by atoms with van der Waals surface area (Å²) in [7, 11) is 1.10. The highest BCUT2D eigenvalue weighted by atomic mass is 19.4. The molecule has 1 heterocycles. The van der Waals surface area contributed by atoms with E-state index in [4.69, 9.17) is 19.9 Å². The third kappa shape index (κ3) is 3.74. The monoisotopic (exact) mass is 400 g/mol. The number of carbonyl (C=O) groups excluding carboxylic acids is 1. The zero-order valence-electron chi connectivity index (χ0n) is 15.1. The van der Waals surface area contributed by atoms with Crippen molar-refractivity contribution in [3.63, 3.8) is 0 Å². The maximum atomic E-state index is 14.9. The number of esters is 1. The van der Waals surface area contributed by atoms with Crippen LogP contribution >= 0.6 is 0 Å². The number of nitrogens with two attached hydrogens (primary N) is 1. The van der Waals surface area contributed by atoms with E-state index in [1.165, 1.54) is 13.8 Å². The van der Waals surface area contributed by atoms with Crippen LogP contribution in [0, 0.1) is 17.1 Å². The molecule has 1 aliphatic rings. The highest BCUT2D eigenvalue weighted by molar-refractivity contribution is 5.92. The standard InChI is InChI=1S/C18H16F4N2O4/c1-4-27-17(25)13-8(2)28-16(24)11(7-23)14(13)10-5-9(26-3)6-12(15(10)19)18(20,21)22/h5-6,14H,4,24H2,1-3H3. The topological polar surface area (TPSA) is 94.6 Å². The van der Waals surface area contributed by atoms with Gasteiger partial charge in [0.25, 0.3) is 0 Å². The van der Waals surface area contributed by atoms with Crippen LogP contribution in [0.1, 0.15) is 30.9 Å². The van der Waals surface area contributed by atoms with E-state index in [2.05, 4.69) is 0 Å². The van der Waals surface area contributed by atoms with E-state index in [1.54, 1.807) is 6.07 Å². The van der Waals surface area contributed by atoms with Crippen molar-refractivity contribution in [2.75, 3.05) is 13.7 Å². The molecule has 6 nitrogen and oxygen atoms in total. The number of halogens is 4. The van der Waals surface area contributed by atoms with Crippen LogP contribution in [0.25, 0.3) is 0 Å². The molecule has 1 atom stereocenters. The predicted molar refractivity (Wildman–Crippen MR) is 87.9 cm³/mol. The van der Waals surface area contributed by atoms with Crippen molar-refractivity contribution in [3.05, 3.63) is 51.9 Å². The largest absolute Gasteiger partial charge is 0.497 e. The highest BCUT2D eigenvalue weighted by Crippen LogP contribution is 2.44. The first-order valence-corrected chi connectivity index (χ1v) is 7.96. The summed E-state index contributed by atoms with van der Waals surface area (Å²) in [5, 5.41) is 9.44. The Morgan fingerprint density at radius 2 is 2.04 bits per heavy atom. The van der Waals surface area contributed by atoms with Crippen molar-refractivity contribution < 1.29 is 36.6 Å². The Bertz CT molecular complexity index is 913. The zero-order chi connectivity index (χ0) is 21.2. The van der Waals surface area contributed by atoms with Gasteiger partial charge in [-0.15, -0.1) is 0 Å². The number of rotatable bonds is 4. The average molecular weight is 400 g/mol. The van der Waals surface area contributed by atoms with Crippen molar-refractivity contribution >= 4 is 5.97 Å². The van der Waals surface area contributed by atoms with Gasteiger partial charge in [-0.2, -0.15) is 18.4 Å². The summed E-state index contributed by atoms with van der Waals surface area (Å²) in [6.45, 7) is 2.76. The summed E-state index contributed by atoms with van der Waals surface area (Å²) in [4.78, 5) is 12.4. The molecule has 0 fully saturated rings. The number of carbonyl (C=O) groups is 1. The Hall–Kier alpha value is -3.22. The third-order valence-electron chi connectivity index (χ3n) is 4.03. The van der Waals surface area contributed by atoms with Gasteiger partial charge in [0.05, 0.1) is 30.8 Å². The van der Waals surface area contributed by atoms with Crippen LogP contribution in [-0.4, -0.2) is 19.7 Å². The average Bonchev–Trinajstić information content (AvgIpc) is 2.60. The normalized spacial score (nSPS) is 17.1. The second-order valence-corrected chi connectivity index (χ2v) is 5.69. The van der Waals surface area contributed by atoms with Crippen LogP contribution in [0.15, 0.2) is 34.9 Å². The van der Waals surface area contributed by atoms with E-state index in [-0.39, 0.29) is 23.7 Å². The predicted octanol–water partition coefficient (Wildman–Crippen LogP) is 3.50. The summed E-state index contributed by atoms with van der Waals surface area (Å²) < 4.78 is 69.7. The number of allylic oxidation sites excluding steroid dienone is 2. The molecule has 0 aromatic heterocycles. The lowest BCUT2D eigenvalue weighted by Gasteiger charge is -2.28. The van der Waals surface area contributed by atoms with Crippen molar-refractivity contribution in [1.82, 2.24) is 0 Å². The third-order valence-corrected chi connectivity index (χ3v) is 4.03. The molecular weight excluding hydrogens is 384 g/mol. The van der Waals surface area contributed by atoms with Crippen molar-refractivity contribution in [1.29, 1.82) is 5.26 Å². The van der Waals surface area contributed by atoms with Gasteiger partial charge in [0, 0.05) is 5.56 Å². The Balaban J connectivity index is 2.85. The van der Waals surface area contributed by atoms with Gasteiger partial charge in [-0.1, -0.05) is 0 Å². The van der Waals surface area contributed by atoms with E-state index in [0.29, 0.717) is 6.07 Å². The molecule has 2 N–H and O–H groups in total. The van der Waals surface area contributed by atoms with Gasteiger partial charge in [0.2, 0.25) is 5.88 Å². The second-order valence-electron chi connectivity index (χ2n) is 5.69. The Morgan fingerprint density at radius 1 is 1.39 bits per heavy atom. The van der Waals surface area contributed by atoms with Crippen LogP contribution in [0.4, 0.5) is 17.6 Å². The zero-order valence-corrected chi connectivity index (χ0v) is 15.1. The molecule has 0 saturated carbocycles. The van der Waals surface area contributed by atoms with E-state index < -0.39 is 46.5 Å². The molecule has 28 heavy (non-hydrogen) atoms. The van der Waals surface area contributed by atoms with E-state index in [1.807, 2.05) is 0 Å². The molecule has 150 valence electrons. The molecule has 1 unspecified atom stereocenters. The number of ether oxygens (including phenoxy) is 3. The minimum Gasteiger partial charge on any atom is -0.497 e. The number of methoxy groups -OCH3 is 1. The lowest BCUT2D eigenvalue weighted by Crippen LogP contribution is -2.26. The fourth-order valence-corrected chi connectivity index (χ4v) is 2.82. The van der Waals surface area contributed by atoms with Gasteiger partial charge >= 0.3 is 12.1 Å². The van der Waals surface area contributed by atoms with Crippen LogP contribution in [0.5, 0.6) is 5.75 Å². The number of hydrogen-bond donors (Lipinski definition) is 1. The number of alkyl halides is 3. The molecular formula is C18H16F4N2O4. The van der Waals surface area contributed by atoms with Gasteiger partial charge in [-0.3, -0.25) is 0 Å². The number of hydrogen-bond acceptors (Lipinski definition) is 6. The number of nitrogens with zero attached hydrogens (tertiary/aromatic N) is 1. The van der Waals surface area contributed by atoms with Crippen LogP contribution < -0.4 is 10.5 Å². The molecule has 0 radical (unpaired) electrons. The van der Waals surface area contributed by atoms with Gasteiger partial charge in [0.15, 0.2) is 0 Å². The molecule has 1 aromatic carbocycles. The van der Waals surface area contributed by atoms with Gasteiger partial charge < -0.3 is 19.9 Å². The lowest BCUT2D eigenvalue weighted by molar-refractivity contribution is -0.140. The van der Waals surface area contributed by atoms with Gasteiger partial charge in [-0.25, -0.2) is 9.18 Å². The molecule has 0 aliphatic carbocycles. The van der Waals surface area contributed by atoms with Crippen LogP contribution in [0.2, 0.25) is 0 Å². The molecule has 0 amide bonds.